The lowest BCUT2D eigenvalue weighted by Crippen LogP contribution is -2.46. The van der Waals surface area contributed by atoms with Crippen molar-refractivity contribution in [2.45, 2.75) is 26.3 Å². The number of amides is 2. The smallest absolute Gasteiger partial charge is 0.326 e. The van der Waals surface area contributed by atoms with Gasteiger partial charge in [-0.05, 0) is 11.1 Å². The molecular weight excluding hydrogens is 246 g/mol. The van der Waals surface area contributed by atoms with E-state index in [-0.39, 0.29) is 11.0 Å². The summed E-state index contributed by atoms with van der Waals surface area (Å²) in [5, 5.41) is 20.7. The average molecular weight is 259 g/mol. The highest BCUT2D eigenvalue weighted by molar-refractivity contribution is 7.09. The van der Waals surface area contributed by atoms with Crippen molar-refractivity contribution in [1.29, 1.82) is 0 Å². The third-order valence-electron chi connectivity index (χ3n) is 2.29. The monoisotopic (exact) mass is 259 g/mol. The Kier molecular flexibility index (Phi) is 4.76. The van der Waals surface area contributed by atoms with Gasteiger partial charge in [-0.15, -0.1) is 0 Å². The quantitative estimate of drug-likeness (QED) is 0.711. The second-order valence-corrected chi connectivity index (χ2v) is 4.20. The number of nitrogens with one attached hydrogen (secondary N) is 2. The lowest BCUT2D eigenvalue weighted by Gasteiger charge is -2.19. The van der Waals surface area contributed by atoms with E-state index in [1.807, 2.05) is 6.92 Å². The number of nitrogens with zero attached hydrogens (tertiary/aromatic N) is 3. The van der Waals surface area contributed by atoms with Crippen molar-refractivity contribution in [3.05, 3.63) is 0 Å². The van der Waals surface area contributed by atoms with Crippen LogP contribution in [0.4, 0.5) is 9.93 Å². The van der Waals surface area contributed by atoms with E-state index in [1.165, 1.54) is 0 Å². The van der Waals surface area contributed by atoms with E-state index in [0.29, 0.717) is 6.42 Å². The molecule has 2 amide bonds. The molecule has 0 radical (unpaired) electrons. The molecule has 17 heavy (non-hydrogen) atoms. The molecule has 1 heterocycles. The summed E-state index contributed by atoms with van der Waals surface area (Å²) in [4.78, 5) is 22.4. The number of urea groups is 1. The normalized spacial score (nSPS) is 13.8. The Labute approximate surface area is 102 Å². The molecule has 94 valence electrons. The minimum atomic E-state index is -1.06. The minimum absolute atomic E-state index is 0.161. The number of aromatic nitrogens is 3. The molecule has 1 aromatic rings. The standard InChI is InChI=1S/C8H13N5O3S/c1-3-4(2)5(6(14)15)9-7(16)10-8-11-12-13-17-8/h4-5H,3H2,1-2H3,(H,14,15)(H2,9,10,11,13,16)/t4?,5-/m0/s1. The van der Waals surface area contributed by atoms with Crippen molar-refractivity contribution in [1.82, 2.24) is 20.1 Å². The van der Waals surface area contributed by atoms with Crippen LogP contribution >= 0.6 is 11.5 Å². The van der Waals surface area contributed by atoms with Gasteiger partial charge >= 0.3 is 12.0 Å². The first-order valence-corrected chi connectivity index (χ1v) is 5.77. The highest BCUT2D eigenvalue weighted by atomic mass is 32.1. The van der Waals surface area contributed by atoms with E-state index in [1.54, 1.807) is 6.92 Å². The first kappa shape index (κ1) is 13.3. The SMILES string of the molecule is CCC(C)[C@H](NC(=O)Nc1nnns1)C(=O)O. The van der Waals surface area contributed by atoms with E-state index in [9.17, 15) is 9.59 Å². The average Bonchev–Trinajstić information content (AvgIpc) is 2.77. The Bertz CT molecular complexity index is 383. The Morgan fingerprint density at radius 2 is 2.24 bits per heavy atom. The Hall–Kier alpha value is -1.77. The summed E-state index contributed by atoms with van der Waals surface area (Å²) in [5.41, 5.74) is 0. The second kappa shape index (κ2) is 6.09. The maximum absolute atomic E-state index is 11.5. The molecule has 0 aliphatic rings. The topological polar surface area (TPSA) is 117 Å². The molecule has 1 unspecified atom stereocenters. The van der Waals surface area contributed by atoms with E-state index < -0.39 is 18.0 Å². The zero-order valence-electron chi connectivity index (χ0n) is 9.38. The highest BCUT2D eigenvalue weighted by Gasteiger charge is 2.25. The zero-order valence-corrected chi connectivity index (χ0v) is 10.2. The van der Waals surface area contributed by atoms with Crippen molar-refractivity contribution in [2.75, 3.05) is 5.32 Å². The molecule has 0 spiro atoms. The molecule has 3 N–H and O–H groups in total. The minimum Gasteiger partial charge on any atom is -0.480 e. The Balaban J connectivity index is 2.55. The van der Waals surface area contributed by atoms with Crippen molar-refractivity contribution >= 4 is 28.7 Å². The maximum Gasteiger partial charge on any atom is 0.326 e. The molecule has 2 atom stereocenters. The molecule has 0 bridgehead atoms. The van der Waals surface area contributed by atoms with Crippen LogP contribution in [-0.2, 0) is 4.79 Å². The van der Waals surface area contributed by atoms with Gasteiger partial charge in [-0.25, -0.2) is 9.59 Å². The van der Waals surface area contributed by atoms with Crippen LogP contribution in [0.2, 0.25) is 0 Å². The number of anilines is 1. The third-order valence-corrected chi connectivity index (χ3v) is 2.80. The zero-order chi connectivity index (χ0) is 12.8. The number of carbonyl (C=O) groups excluding carboxylic acids is 1. The highest BCUT2D eigenvalue weighted by Crippen LogP contribution is 2.09. The first-order valence-electron chi connectivity index (χ1n) is 5.00. The third kappa shape index (κ3) is 3.94. The van der Waals surface area contributed by atoms with Crippen LogP contribution in [0.5, 0.6) is 0 Å². The summed E-state index contributed by atoms with van der Waals surface area (Å²) in [7, 11) is 0. The van der Waals surface area contributed by atoms with Crippen LogP contribution in [0.1, 0.15) is 20.3 Å². The number of carboxylic acid groups (broad SMARTS) is 1. The van der Waals surface area contributed by atoms with Gasteiger partial charge in [-0.1, -0.05) is 29.9 Å². The maximum atomic E-state index is 11.5. The number of rotatable bonds is 5. The summed E-state index contributed by atoms with van der Waals surface area (Å²) in [5.74, 6) is -1.23. The van der Waals surface area contributed by atoms with Crippen LogP contribution in [0.3, 0.4) is 0 Å². The van der Waals surface area contributed by atoms with E-state index in [0.717, 1.165) is 11.5 Å². The van der Waals surface area contributed by atoms with Crippen LogP contribution < -0.4 is 10.6 Å². The van der Waals surface area contributed by atoms with Gasteiger partial charge in [-0.2, -0.15) is 0 Å². The van der Waals surface area contributed by atoms with Gasteiger partial charge in [0.15, 0.2) is 0 Å². The summed E-state index contributed by atoms with van der Waals surface area (Å²) in [6.07, 6.45) is 0.650. The van der Waals surface area contributed by atoms with Crippen molar-refractivity contribution in [2.24, 2.45) is 5.92 Å². The molecule has 1 aromatic heterocycles. The van der Waals surface area contributed by atoms with Gasteiger partial charge in [0, 0.05) is 11.5 Å². The molecular formula is C8H13N5O3S. The molecule has 0 saturated heterocycles. The summed E-state index contributed by atoms with van der Waals surface area (Å²) >= 11 is 0.909. The van der Waals surface area contributed by atoms with Crippen LogP contribution in [0.25, 0.3) is 0 Å². The predicted molar refractivity (Wildman–Crippen MR) is 60.7 cm³/mol. The number of carbonyl (C=O) groups is 2. The van der Waals surface area contributed by atoms with Gasteiger partial charge in [-0.3, -0.25) is 5.32 Å². The Morgan fingerprint density at radius 3 is 2.71 bits per heavy atom. The van der Waals surface area contributed by atoms with Gasteiger partial charge in [0.05, 0.1) is 0 Å². The predicted octanol–water partition coefficient (Wildman–Crippen LogP) is 0.554. The molecule has 0 saturated carbocycles. The molecule has 0 aliphatic carbocycles. The lowest BCUT2D eigenvalue weighted by atomic mass is 10.00. The van der Waals surface area contributed by atoms with Crippen LogP contribution in [-0.4, -0.2) is 37.9 Å². The largest absolute Gasteiger partial charge is 0.480 e. The number of hydrogen-bond donors (Lipinski definition) is 3. The molecule has 8 nitrogen and oxygen atoms in total. The van der Waals surface area contributed by atoms with Crippen molar-refractivity contribution in [3.63, 3.8) is 0 Å². The number of aliphatic carboxylic acids is 1. The summed E-state index contributed by atoms with van der Waals surface area (Å²) in [6.45, 7) is 3.61. The number of carboxylic acids is 1. The van der Waals surface area contributed by atoms with Gasteiger partial charge < -0.3 is 10.4 Å². The van der Waals surface area contributed by atoms with Gasteiger partial charge in [0.25, 0.3) is 0 Å². The number of hydrogen-bond acceptors (Lipinski definition) is 6. The molecule has 0 aromatic carbocycles. The molecule has 1 rings (SSSR count). The summed E-state index contributed by atoms with van der Waals surface area (Å²) in [6, 6.07) is -1.56. The fourth-order valence-electron chi connectivity index (χ4n) is 1.14. The van der Waals surface area contributed by atoms with E-state index in [4.69, 9.17) is 5.11 Å². The van der Waals surface area contributed by atoms with Gasteiger partial charge in [0.1, 0.15) is 6.04 Å². The van der Waals surface area contributed by atoms with Crippen LogP contribution in [0, 0.1) is 5.92 Å². The Morgan fingerprint density at radius 1 is 1.53 bits per heavy atom. The second-order valence-electron chi connectivity index (χ2n) is 3.47. The fourth-order valence-corrected chi connectivity index (χ4v) is 1.50. The fraction of sp³-hybridized carbons (Fsp3) is 0.625. The first-order chi connectivity index (χ1) is 8.04. The lowest BCUT2D eigenvalue weighted by molar-refractivity contribution is -0.140. The van der Waals surface area contributed by atoms with Gasteiger partial charge in [0.2, 0.25) is 5.13 Å². The van der Waals surface area contributed by atoms with Crippen molar-refractivity contribution in [3.8, 4) is 0 Å². The van der Waals surface area contributed by atoms with Crippen LogP contribution in [0.15, 0.2) is 0 Å². The summed E-state index contributed by atoms with van der Waals surface area (Å²) < 4.78 is 3.46. The molecule has 0 fully saturated rings. The van der Waals surface area contributed by atoms with E-state index >= 15 is 0 Å². The van der Waals surface area contributed by atoms with E-state index in [2.05, 4.69) is 25.4 Å². The molecule has 9 heteroatoms. The van der Waals surface area contributed by atoms with Crippen molar-refractivity contribution < 1.29 is 14.7 Å². The molecule has 0 aliphatic heterocycles.